The Bertz CT molecular complexity index is 615. The molecule has 0 spiro atoms. The topological polar surface area (TPSA) is 109 Å². The van der Waals surface area contributed by atoms with E-state index in [1.165, 1.54) is 24.3 Å². The normalized spacial score (nSPS) is 20.8. The minimum atomic E-state index is -1.48. The first kappa shape index (κ1) is 19.6. The number of rotatable bonds is 8. The van der Waals surface area contributed by atoms with Gasteiger partial charge in [-0.1, -0.05) is 32.1 Å². The van der Waals surface area contributed by atoms with E-state index in [1.54, 1.807) is 12.2 Å². The molecule has 4 N–H and O–H groups in total. The fraction of sp³-hybridized carbons (Fsp3) is 0.389. The lowest BCUT2D eigenvalue weighted by Gasteiger charge is -2.24. The summed E-state index contributed by atoms with van der Waals surface area (Å²) < 4.78 is 0. The number of aliphatic hydroxyl groups is 1. The van der Waals surface area contributed by atoms with Crippen molar-refractivity contribution >= 4 is 17.6 Å². The number of hydrogen-bond acceptors (Lipinski definition) is 4. The molecule has 0 saturated heterocycles. The van der Waals surface area contributed by atoms with Crippen LogP contribution in [0.2, 0.25) is 0 Å². The van der Waals surface area contributed by atoms with Gasteiger partial charge in [-0.25, -0.2) is 0 Å². The lowest BCUT2D eigenvalue weighted by atomic mass is 9.90. The van der Waals surface area contributed by atoms with Crippen molar-refractivity contribution in [2.45, 2.75) is 38.7 Å². The largest absolute Gasteiger partial charge is 0.382 e. The Labute approximate surface area is 141 Å². The second-order valence-electron chi connectivity index (χ2n) is 6.12. The van der Waals surface area contributed by atoms with Crippen LogP contribution in [0.3, 0.4) is 0 Å². The van der Waals surface area contributed by atoms with Gasteiger partial charge in [0, 0.05) is 12.5 Å². The minimum Gasteiger partial charge on any atom is -0.382 e. The van der Waals surface area contributed by atoms with Gasteiger partial charge in [-0.3, -0.25) is 14.4 Å². The van der Waals surface area contributed by atoms with Gasteiger partial charge in [0.1, 0.15) is 5.60 Å². The number of allylic oxidation sites excluding steroid dienone is 4. The second-order valence-corrected chi connectivity index (χ2v) is 6.12. The average Bonchev–Trinajstić information content (AvgIpc) is 2.49. The summed E-state index contributed by atoms with van der Waals surface area (Å²) >= 11 is 0. The zero-order valence-corrected chi connectivity index (χ0v) is 14.0. The van der Waals surface area contributed by atoms with E-state index in [0.29, 0.717) is 5.92 Å². The second kappa shape index (κ2) is 8.98. The van der Waals surface area contributed by atoms with E-state index >= 15 is 0 Å². The van der Waals surface area contributed by atoms with Crippen molar-refractivity contribution in [3.8, 4) is 0 Å². The summed E-state index contributed by atoms with van der Waals surface area (Å²) in [5.41, 5.74) is 3.56. The molecule has 0 radical (unpaired) electrons. The Morgan fingerprint density at radius 1 is 1.38 bits per heavy atom. The van der Waals surface area contributed by atoms with Crippen molar-refractivity contribution in [2.24, 2.45) is 11.7 Å². The minimum absolute atomic E-state index is 0.0229. The van der Waals surface area contributed by atoms with E-state index in [4.69, 9.17) is 5.73 Å². The van der Waals surface area contributed by atoms with Crippen molar-refractivity contribution in [3.05, 3.63) is 48.2 Å². The molecule has 1 atom stereocenters. The predicted octanol–water partition coefficient (Wildman–Crippen LogP) is 1.28. The standard InChI is InChI=1S/C18H24N2O4/c1-13(2)6-4-3-5-7-17(23)20-14-12-18(24,10-8-15(14)21)11-9-16(19)22/h3-5,7-8,10,12-13,24H,6,9,11H2,1-2H3,(H2,19,22)(H,20,23). The van der Waals surface area contributed by atoms with Gasteiger partial charge in [0.05, 0.1) is 5.70 Å². The number of ketones is 1. The Kier molecular flexibility index (Phi) is 7.32. The van der Waals surface area contributed by atoms with Gasteiger partial charge >= 0.3 is 0 Å². The van der Waals surface area contributed by atoms with Crippen molar-refractivity contribution in [2.75, 3.05) is 0 Å². The van der Waals surface area contributed by atoms with Gasteiger partial charge in [0.2, 0.25) is 17.6 Å². The first-order valence-electron chi connectivity index (χ1n) is 7.83. The highest BCUT2D eigenvalue weighted by Gasteiger charge is 2.28. The molecule has 1 aliphatic carbocycles. The van der Waals surface area contributed by atoms with E-state index in [9.17, 15) is 19.5 Å². The number of carbonyl (C=O) groups excluding carboxylic acids is 3. The maximum Gasteiger partial charge on any atom is 0.248 e. The fourth-order valence-electron chi connectivity index (χ4n) is 2.00. The van der Waals surface area contributed by atoms with Crippen molar-refractivity contribution in [3.63, 3.8) is 0 Å². The molecule has 0 heterocycles. The molecule has 6 nitrogen and oxygen atoms in total. The SMILES string of the molecule is CC(C)CC=CC=CC(=O)NC1=CC(O)(CCC(N)=O)C=CC1=O. The highest BCUT2D eigenvalue weighted by atomic mass is 16.3. The van der Waals surface area contributed by atoms with Gasteiger partial charge in [0.15, 0.2) is 0 Å². The molecule has 2 amide bonds. The van der Waals surface area contributed by atoms with Crippen LogP contribution in [-0.2, 0) is 14.4 Å². The summed E-state index contributed by atoms with van der Waals surface area (Å²) in [6, 6.07) is 0. The predicted molar refractivity (Wildman–Crippen MR) is 91.5 cm³/mol. The molecule has 0 aromatic carbocycles. The van der Waals surface area contributed by atoms with E-state index < -0.39 is 23.2 Å². The lowest BCUT2D eigenvalue weighted by molar-refractivity contribution is -0.119. The summed E-state index contributed by atoms with van der Waals surface area (Å²) in [5, 5.41) is 12.8. The van der Waals surface area contributed by atoms with E-state index in [-0.39, 0.29) is 18.5 Å². The van der Waals surface area contributed by atoms with Crippen molar-refractivity contribution in [1.29, 1.82) is 0 Å². The number of nitrogens with one attached hydrogen (secondary N) is 1. The molecule has 0 saturated carbocycles. The molecule has 1 unspecified atom stereocenters. The van der Waals surface area contributed by atoms with Gasteiger partial charge < -0.3 is 16.2 Å². The van der Waals surface area contributed by atoms with Crippen LogP contribution in [-0.4, -0.2) is 28.3 Å². The summed E-state index contributed by atoms with van der Waals surface area (Å²) in [7, 11) is 0. The van der Waals surface area contributed by atoms with Crippen LogP contribution in [0, 0.1) is 5.92 Å². The Hall–Kier alpha value is -2.47. The molecule has 24 heavy (non-hydrogen) atoms. The maximum atomic E-state index is 11.8. The Morgan fingerprint density at radius 3 is 2.71 bits per heavy atom. The molecule has 0 fully saturated rings. The van der Waals surface area contributed by atoms with Crippen LogP contribution in [0.5, 0.6) is 0 Å². The van der Waals surface area contributed by atoms with Gasteiger partial charge in [-0.2, -0.15) is 0 Å². The molecule has 0 aromatic rings. The Balaban J connectivity index is 2.67. The molecular weight excluding hydrogens is 308 g/mol. The average molecular weight is 332 g/mol. The van der Waals surface area contributed by atoms with Crippen LogP contribution in [0.4, 0.5) is 0 Å². The molecule has 0 aliphatic heterocycles. The van der Waals surface area contributed by atoms with Crippen LogP contribution in [0.25, 0.3) is 0 Å². The molecule has 0 aromatic heterocycles. The zero-order valence-electron chi connectivity index (χ0n) is 14.0. The Morgan fingerprint density at radius 2 is 2.08 bits per heavy atom. The summed E-state index contributed by atoms with van der Waals surface area (Å²) in [5.74, 6) is -0.908. The van der Waals surface area contributed by atoms with E-state index in [1.807, 2.05) is 6.08 Å². The molecule has 1 aliphatic rings. The van der Waals surface area contributed by atoms with Gasteiger partial charge in [0.25, 0.3) is 0 Å². The van der Waals surface area contributed by atoms with E-state index in [2.05, 4.69) is 19.2 Å². The first-order chi connectivity index (χ1) is 11.2. The summed E-state index contributed by atoms with van der Waals surface area (Å²) in [6.07, 6.45) is 11.2. The highest BCUT2D eigenvalue weighted by molar-refractivity contribution is 6.08. The smallest absolute Gasteiger partial charge is 0.248 e. The van der Waals surface area contributed by atoms with E-state index in [0.717, 1.165) is 6.42 Å². The van der Waals surface area contributed by atoms with Crippen molar-refractivity contribution < 1.29 is 19.5 Å². The third-order valence-electron chi connectivity index (χ3n) is 3.32. The van der Waals surface area contributed by atoms with Crippen LogP contribution in [0.1, 0.15) is 33.1 Å². The zero-order chi connectivity index (χ0) is 18.2. The third kappa shape index (κ3) is 7.19. The third-order valence-corrected chi connectivity index (χ3v) is 3.32. The number of primary amides is 1. The number of carbonyl (C=O) groups is 3. The van der Waals surface area contributed by atoms with Crippen LogP contribution >= 0.6 is 0 Å². The molecular formula is C18H24N2O4. The summed E-state index contributed by atoms with van der Waals surface area (Å²) in [4.78, 5) is 34.5. The lowest BCUT2D eigenvalue weighted by Crippen LogP contribution is -2.35. The van der Waals surface area contributed by atoms with Crippen molar-refractivity contribution in [1.82, 2.24) is 5.32 Å². The highest BCUT2D eigenvalue weighted by Crippen LogP contribution is 2.22. The summed E-state index contributed by atoms with van der Waals surface area (Å²) in [6.45, 7) is 4.18. The molecule has 1 rings (SSSR count). The maximum absolute atomic E-state index is 11.8. The fourth-order valence-corrected chi connectivity index (χ4v) is 2.00. The number of hydrogen-bond donors (Lipinski definition) is 3. The quantitative estimate of drug-likeness (QED) is 0.459. The van der Waals surface area contributed by atoms with Crippen LogP contribution < -0.4 is 11.1 Å². The number of nitrogens with two attached hydrogens (primary N) is 1. The van der Waals surface area contributed by atoms with Crippen LogP contribution in [0.15, 0.2) is 48.2 Å². The molecule has 130 valence electrons. The van der Waals surface area contributed by atoms with Gasteiger partial charge in [-0.15, -0.1) is 0 Å². The number of amides is 2. The molecule has 0 bridgehead atoms. The molecule has 6 heteroatoms. The van der Waals surface area contributed by atoms with Gasteiger partial charge in [-0.05, 0) is 37.0 Å². The monoisotopic (exact) mass is 332 g/mol. The first-order valence-corrected chi connectivity index (χ1v) is 7.83.